The van der Waals surface area contributed by atoms with E-state index in [1.807, 2.05) is 0 Å². The Bertz CT molecular complexity index is 388. The van der Waals surface area contributed by atoms with Crippen LogP contribution in [-0.2, 0) is 33.6 Å². The van der Waals surface area contributed by atoms with Gasteiger partial charge in [-0.15, -0.1) is 0 Å². The van der Waals surface area contributed by atoms with Crippen LogP contribution in [0.3, 0.4) is 0 Å². The van der Waals surface area contributed by atoms with Gasteiger partial charge in [-0.2, -0.15) is 16.8 Å². The molecule has 0 bridgehead atoms. The highest BCUT2D eigenvalue weighted by atomic mass is 32.3. The Balaban J connectivity index is 4.15. The number of hydrogen-bond donors (Lipinski definition) is 3. The molecule has 12 heteroatoms. The first kappa shape index (κ1) is 15.7. The summed E-state index contributed by atoms with van der Waals surface area (Å²) in [6.07, 6.45) is -0.737. The summed E-state index contributed by atoms with van der Waals surface area (Å²) in [5.41, 5.74) is 10.3. The lowest BCUT2D eigenvalue weighted by Gasteiger charge is -2.10. The van der Waals surface area contributed by atoms with Gasteiger partial charge in [0.15, 0.2) is 0 Å². The monoisotopic (exact) mass is 280 g/mol. The van der Waals surface area contributed by atoms with E-state index in [1.54, 1.807) is 0 Å². The zero-order valence-electron chi connectivity index (χ0n) is 7.97. The van der Waals surface area contributed by atoms with Gasteiger partial charge in [0.25, 0.3) is 0 Å². The number of rotatable bonds is 8. The van der Waals surface area contributed by atoms with Crippen LogP contribution in [0.15, 0.2) is 0 Å². The summed E-state index contributed by atoms with van der Waals surface area (Å²) in [5.74, 6) is 0. The zero-order valence-corrected chi connectivity index (χ0v) is 9.61. The van der Waals surface area contributed by atoms with E-state index in [0.717, 1.165) is 0 Å². The molecule has 0 saturated heterocycles. The smallest absolute Gasteiger partial charge is 0.330 e. The molecule has 0 aliphatic carbocycles. The van der Waals surface area contributed by atoms with Gasteiger partial charge >= 0.3 is 20.8 Å². The Kier molecular flexibility index (Phi) is 6.27. The Morgan fingerprint density at radius 2 is 1.75 bits per heavy atom. The Labute approximate surface area is 92.7 Å². The second-order valence-corrected chi connectivity index (χ2v) is 4.67. The fourth-order valence-electron chi connectivity index (χ4n) is 0.604. The maximum absolute atomic E-state index is 10.8. The minimum atomic E-state index is -5.05. The maximum atomic E-state index is 10.8. The molecule has 5 N–H and O–H groups in total. The Morgan fingerprint density at radius 3 is 2.19 bits per heavy atom. The lowest BCUT2D eigenvalue weighted by atomic mass is 10.3. The fraction of sp³-hybridized carbons (Fsp3) is 1.00. The summed E-state index contributed by atoms with van der Waals surface area (Å²) >= 11 is 0. The van der Waals surface area contributed by atoms with Crippen LogP contribution < -0.4 is 11.5 Å². The van der Waals surface area contributed by atoms with Gasteiger partial charge in [-0.1, -0.05) is 8.67 Å². The Hall–Kier alpha value is -0.340. The first-order chi connectivity index (χ1) is 7.16. The average Bonchev–Trinajstić information content (AvgIpc) is 2.10. The van der Waals surface area contributed by atoms with E-state index < -0.39 is 27.0 Å². The van der Waals surface area contributed by atoms with Gasteiger partial charge in [0.05, 0.1) is 0 Å². The normalized spacial score (nSPS) is 14.9. The first-order valence-electron chi connectivity index (χ1n) is 3.90. The van der Waals surface area contributed by atoms with E-state index in [4.69, 9.17) is 16.0 Å². The van der Waals surface area contributed by atoms with Crippen molar-refractivity contribution in [2.45, 2.75) is 19.1 Å². The third kappa shape index (κ3) is 8.93. The predicted molar refractivity (Wildman–Crippen MR) is 50.0 cm³/mol. The SMILES string of the molecule is NCCCC(N)OS(=O)(=O)OOS(=O)(=O)O. The van der Waals surface area contributed by atoms with Crippen LogP contribution >= 0.6 is 0 Å². The molecule has 0 aliphatic rings. The van der Waals surface area contributed by atoms with Crippen molar-refractivity contribution < 1.29 is 34.2 Å². The fourth-order valence-corrected chi connectivity index (χ4v) is 1.59. The van der Waals surface area contributed by atoms with Gasteiger partial charge < -0.3 is 11.5 Å². The Morgan fingerprint density at radius 1 is 1.19 bits per heavy atom. The van der Waals surface area contributed by atoms with E-state index >= 15 is 0 Å². The third-order valence-electron chi connectivity index (χ3n) is 1.13. The lowest BCUT2D eigenvalue weighted by molar-refractivity contribution is -0.111. The summed E-state index contributed by atoms with van der Waals surface area (Å²) in [6.45, 7) is 0.277. The van der Waals surface area contributed by atoms with Crippen molar-refractivity contribution >= 4 is 20.8 Å². The maximum Gasteiger partial charge on any atom is 0.429 e. The van der Waals surface area contributed by atoms with Gasteiger partial charge in [0.2, 0.25) is 0 Å². The molecule has 0 fully saturated rings. The molecule has 0 rings (SSSR count). The summed E-state index contributed by atoms with van der Waals surface area (Å²) in [7, 11) is -9.82. The molecule has 10 nitrogen and oxygen atoms in total. The van der Waals surface area contributed by atoms with Gasteiger partial charge in [0.1, 0.15) is 6.23 Å². The van der Waals surface area contributed by atoms with Crippen molar-refractivity contribution in [3.63, 3.8) is 0 Å². The van der Waals surface area contributed by atoms with Crippen LogP contribution in [0.25, 0.3) is 0 Å². The van der Waals surface area contributed by atoms with Gasteiger partial charge in [-0.05, 0) is 19.4 Å². The van der Waals surface area contributed by atoms with Gasteiger partial charge in [-0.3, -0.25) is 4.55 Å². The van der Waals surface area contributed by atoms with Crippen molar-refractivity contribution in [1.82, 2.24) is 0 Å². The highest BCUT2D eigenvalue weighted by molar-refractivity contribution is 7.83. The van der Waals surface area contributed by atoms with Crippen molar-refractivity contribution in [3.05, 3.63) is 0 Å². The molecule has 0 radical (unpaired) electrons. The van der Waals surface area contributed by atoms with Crippen molar-refractivity contribution in [2.75, 3.05) is 6.54 Å². The third-order valence-corrected chi connectivity index (χ3v) is 2.18. The molecule has 0 aliphatic heterocycles. The molecular formula is C4H12N2O8S2. The van der Waals surface area contributed by atoms with Crippen LogP contribution in [0.4, 0.5) is 0 Å². The zero-order chi connectivity index (χ0) is 12.8. The second kappa shape index (κ2) is 6.41. The molecule has 0 aromatic carbocycles. The second-order valence-electron chi connectivity index (χ2n) is 2.54. The molecule has 1 unspecified atom stereocenters. The molecule has 0 spiro atoms. The molecule has 0 heterocycles. The van der Waals surface area contributed by atoms with Gasteiger partial charge in [-0.25, -0.2) is 4.18 Å². The van der Waals surface area contributed by atoms with E-state index in [0.29, 0.717) is 6.42 Å². The average molecular weight is 280 g/mol. The van der Waals surface area contributed by atoms with Crippen LogP contribution in [0.5, 0.6) is 0 Å². The molecule has 98 valence electrons. The molecule has 16 heavy (non-hydrogen) atoms. The number of hydrogen-bond acceptors (Lipinski definition) is 9. The quantitative estimate of drug-likeness (QED) is 0.196. The standard InChI is InChI=1S/C4H12N2O8S2/c5-3-1-2-4(6)12-16(10,11)14-13-15(7,8)9/h4H,1-3,5-6H2,(H,7,8,9). The van der Waals surface area contributed by atoms with Crippen molar-refractivity contribution in [3.8, 4) is 0 Å². The van der Waals surface area contributed by atoms with E-state index in [-0.39, 0.29) is 13.0 Å². The minimum absolute atomic E-state index is 0.116. The van der Waals surface area contributed by atoms with Crippen LogP contribution in [-0.4, -0.2) is 34.2 Å². The van der Waals surface area contributed by atoms with Crippen molar-refractivity contribution in [2.24, 2.45) is 11.5 Å². The molecule has 0 aromatic heterocycles. The molecular weight excluding hydrogens is 268 g/mol. The summed E-state index contributed by atoms with van der Waals surface area (Å²) < 4.78 is 60.1. The largest absolute Gasteiger partial charge is 0.429 e. The molecule has 0 saturated carbocycles. The van der Waals surface area contributed by atoms with Crippen LogP contribution in [0, 0.1) is 0 Å². The highest BCUT2D eigenvalue weighted by Gasteiger charge is 2.21. The van der Waals surface area contributed by atoms with E-state index in [1.165, 1.54) is 0 Å². The first-order valence-corrected chi connectivity index (χ1v) is 6.60. The van der Waals surface area contributed by atoms with Crippen LogP contribution in [0.2, 0.25) is 0 Å². The topological polar surface area (TPSA) is 168 Å². The molecule has 1 atom stereocenters. The predicted octanol–water partition coefficient (Wildman–Crippen LogP) is -1.98. The van der Waals surface area contributed by atoms with Gasteiger partial charge in [0, 0.05) is 0 Å². The van der Waals surface area contributed by atoms with E-state index in [2.05, 4.69) is 12.9 Å². The highest BCUT2D eigenvalue weighted by Crippen LogP contribution is 2.05. The van der Waals surface area contributed by atoms with Crippen LogP contribution in [0.1, 0.15) is 12.8 Å². The summed E-state index contributed by atoms with van der Waals surface area (Å²) in [4.78, 5) is 0. The molecule has 0 aromatic rings. The lowest BCUT2D eigenvalue weighted by Crippen LogP contribution is -2.29. The summed E-state index contributed by atoms with van der Waals surface area (Å²) in [5, 5.41) is 0. The van der Waals surface area contributed by atoms with Crippen molar-refractivity contribution in [1.29, 1.82) is 0 Å². The summed E-state index contributed by atoms with van der Waals surface area (Å²) in [6, 6.07) is 0. The van der Waals surface area contributed by atoms with E-state index in [9.17, 15) is 16.8 Å². The molecule has 0 amide bonds. The number of nitrogens with two attached hydrogens (primary N) is 2. The minimum Gasteiger partial charge on any atom is -0.330 e.